The average molecular weight is 258 g/mol. The quantitative estimate of drug-likeness (QED) is 0.920. The number of fused-ring (bicyclic) bond motifs is 1. The van der Waals surface area contributed by atoms with Crippen LogP contribution in [0.1, 0.15) is 18.9 Å². The molecule has 2 heterocycles. The van der Waals surface area contributed by atoms with Crippen LogP contribution in [0.25, 0.3) is 5.65 Å². The van der Waals surface area contributed by atoms with Gasteiger partial charge in [0.05, 0.1) is 6.42 Å². The van der Waals surface area contributed by atoms with Gasteiger partial charge >= 0.3 is 6.18 Å². The molecule has 7 heteroatoms. The predicted molar refractivity (Wildman–Crippen MR) is 61.5 cm³/mol. The molecule has 0 aromatic carbocycles. The minimum absolute atomic E-state index is 0.513. The van der Waals surface area contributed by atoms with Crippen LogP contribution in [0.3, 0.4) is 0 Å². The Morgan fingerprint density at radius 3 is 2.78 bits per heavy atom. The fraction of sp³-hybridized carbons (Fsp3) is 0.455. The van der Waals surface area contributed by atoms with Gasteiger partial charge in [0.1, 0.15) is 12.1 Å². The summed E-state index contributed by atoms with van der Waals surface area (Å²) in [6.45, 7) is 3.34. The van der Waals surface area contributed by atoms with Crippen molar-refractivity contribution in [1.82, 2.24) is 14.6 Å². The van der Waals surface area contributed by atoms with Crippen molar-refractivity contribution >= 4 is 11.5 Å². The molecule has 0 saturated carbocycles. The molecule has 0 aliphatic rings. The van der Waals surface area contributed by atoms with Crippen molar-refractivity contribution in [1.29, 1.82) is 0 Å². The number of aromatic nitrogens is 3. The van der Waals surface area contributed by atoms with Crippen molar-refractivity contribution in [2.45, 2.75) is 32.5 Å². The summed E-state index contributed by atoms with van der Waals surface area (Å²) in [5.41, 5.74) is 1.52. The van der Waals surface area contributed by atoms with Gasteiger partial charge in [-0.05, 0) is 31.5 Å². The van der Waals surface area contributed by atoms with Gasteiger partial charge < -0.3 is 5.32 Å². The molecule has 0 aliphatic carbocycles. The molecule has 0 bridgehead atoms. The number of aryl methyl sites for hydroxylation is 1. The largest absolute Gasteiger partial charge is 0.391 e. The number of nitrogens with one attached hydrogen (secondary N) is 1. The Bertz CT molecular complexity index is 547. The second-order valence-corrected chi connectivity index (χ2v) is 4.31. The lowest BCUT2D eigenvalue weighted by atomic mass is 10.2. The van der Waals surface area contributed by atoms with Gasteiger partial charge in [0.15, 0.2) is 5.65 Å². The summed E-state index contributed by atoms with van der Waals surface area (Å²) in [5.74, 6) is 0.513. The number of halogens is 3. The third-order valence-electron chi connectivity index (χ3n) is 2.46. The molecule has 0 saturated heterocycles. The maximum Gasteiger partial charge on any atom is 0.391 e. The zero-order valence-corrected chi connectivity index (χ0v) is 9.99. The summed E-state index contributed by atoms with van der Waals surface area (Å²) < 4.78 is 38.3. The average Bonchev–Trinajstić information content (AvgIpc) is 2.61. The molecule has 0 aliphatic heterocycles. The molecule has 18 heavy (non-hydrogen) atoms. The molecule has 2 aromatic heterocycles. The van der Waals surface area contributed by atoms with Crippen molar-refractivity contribution in [3.05, 3.63) is 24.0 Å². The zero-order valence-electron chi connectivity index (χ0n) is 9.99. The van der Waals surface area contributed by atoms with E-state index >= 15 is 0 Å². The van der Waals surface area contributed by atoms with Crippen LogP contribution in [-0.2, 0) is 0 Å². The van der Waals surface area contributed by atoms with Gasteiger partial charge in [-0.15, -0.1) is 0 Å². The lowest BCUT2D eigenvalue weighted by Crippen LogP contribution is -2.25. The first-order valence-electron chi connectivity index (χ1n) is 5.49. The predicted octanol–water partition coefficient (Wildman–Crippen LogP) is 2.79. The van der Waals surface area contributed by atoms with Gasteiger partial charge in [-0.1, -0.05) is 0 Å². The van der Waals surface area contributed by atoms with E-state index in [-0.39, 0.29) is 0 Å². The van der Waals surface area contributed by atoms with Gasteiger partial charge in [0.2, 0.25) is 0 Å². The standard InChI is InChI=1S/C11H13F3N4/c1-7-3-9-15-6-16-18(9)10(4-7)17-8(2)5-11(12,13)14/h3-4,6,8,17H,5H2,1-2H3. The second-order valence-electron chi connectivity index (χ2n) is 4.31. The van der Waals surface area contributed by atoms with Crippen LogP contribution in [0.4, 0.5) is 19.0 Å². The Balaban J connectivity index is 2.23. The smallest absolute Gasteiger partial charge is 0.367 e. The van der Waals surface area contributed by atoms with Gasteiger partial charge in [-0.25, -0.2) is 4.98 Å². The first kappa shape index (κ1) is 12.7. The summed E-state index contributed by atoms with van der Waals surface area (Å²) in [4.78, 5) is 4.01. The number of alkyl halides is 3. The summed E-state index contributed by atoms with van der Waals surface area (Å²) in [5, 5.41) is 6.78. The van der Waals surface area contributed by atoms with Crippen molar-refractivity contribution in [3.8, 4) is 0 Å². The van der Waals surface area contributed by atoms with Crippen molar-refractivity contribution in [2.24, 2.45) is 0 Å². The number of rotatable bonds is 3. The van der Waals surface area contributed by atoms with Crippen LogP contribution >= 0.6 is 0 Å². The zero-order chi connectivity index (χ0) is 13.3. The van der Waals surface area contributed by atoms with Crippen molar-refractivity contribution in [2.75, 3.05) is 5.32 Å². The Labute approximate surface area is 102 Å². The molecular weight excluding hydrogens is 245 g/mol. The Kier molecular flexibility index (Phi) is 3.14. The summed E-state index contributed by atoms with van der Waals surface area (Å²) in [6, 6.07) is 2.83. The normalized spacial score (nSPS) is 13.8. The fourth-order valence-electron chi connectivity index (χ4n) is 1.81. The van der Waals surface area contributed by atoms with Crippen molar-refractivity contribution < 1.29 is 13.2 Å². The summed E-state index contributed by atoms with van der Waals surface area (Å²) in [7, 11) is 0. The maximum absolute atomic E-state index is 12.3. The topological polar surface area (TPSA) is 42.2 Å². The van der Waals surface area contributed by atoms with E-state index in [2.05, 4.69) is 15.4 Å². The van der Waals surface area contributed by atoms with E-state index in [1.54, 1.807) is 6.07 Å². The van der Waals surface area contributed by atoms with Gasteiger partial charge in [-0.3, -0.25) is 0 Å². The van der Waals surface area contributed by atoms with E-state index in [0.717, 1.165) is 5.56 Å². The van der Waals surface area contributed by atoms with Crippen LogP contribution in [-0.4, -0.2) is 26.8 Å². The van der Waals surface area contributed by atoms with E-state index in [0.29, 0.717) is 11.5 Å². The second kappa shape index (κ2) is 4.47. The molecule has 2 aromatic rings. The number of anilines is 1. The molecule has 1 atom stereocenters. The molecule has 2 rings (SSSR count). The van der Waals surface area contributed by atoms with Crippen LogP contribution < -0.4 is 5.32 Å². The molecule has 0 spiro atoms. The minimum Gasteiger partial charge on any atom is -0.367 e. The number of hydrogen-bond acceptors (Lipinski definition) is 3. The minimum atomic E-state index is -4.18. The molecule has 4 nitrogen and oxygen atoms in total. The van der Waals surface area contributed by atoms with E-state index in [9.17, 15) is 13.2 Å². The van der Waals surface area contributed by atoms with E-state index in [1.165, 1.54) is 17.8 Å². The monoisotopic (exact) mass is 258 g/mol. The summed E-state index contributed by atoms with van der Waals surface area (Å²) in [6.07, 6.45) is -3.71. The number of pyridine rings is 1. The van der Waals surface area contributed by atoms with Crippen LogP contribution in [0, 0.1) is 6.92 Å². The van der Waals surface area contributed by atoms with Gasteiger partial charge in [0, 0.05) is 6.04 Å². The molecule has 98 valence electrons. The number of nitrogens with zero attached hydrogens (tertiary/aromatic N) is 3. The Morgan fingerprint density at radius 2 is 2.11 bits per heavy atom. The lowest BCUT2D eigenvalue weighted by molar-refractivity contribution is -0.136. The van der Waals surface area contributed by atoms with Crippen LogP contribution in [0.5, 0.6) is 0 Å². The highest BCUT2D eigenvalue weighted by Gasteiger charge is 2.30. The summed E-state index contributed by atoms with van der Waals surface area (Å²) >= 11 is 0. The van der Waals surface area contributed by atoms with Crippen molar-refractivity contribution in [3.63, 3.8) is 0 Å². The molecular formula is C11H13F3N4. The molecule has 1 unspecified atom stereocenters. The Hall–Kier alpha value is -1.79. The SMILES string of the molecule is Cc1cc(NC(C)CC(F)(F)F)n2ncnc2c1. The molecule has 0 radical (unpaired) electrons. The lowest BCUT2D eigenvalue weighted by Gasteiger charge is -2.17. The molecule has 0 amide bonds. The third kappa shape index (κ3) is 2.91. The first-order chi connectivity index (χ1) is 8.35. The maximum atomic E-state index is 12.3. The first-order valence-corrected chi connectivity index (χ1v) is 5.49. The highest BCUT2D eigenvalue weighted by atomic mass is 19.4. The number of hydrogen-bond donors (Lipinski definition) is 1. The van der Waals surface area contributed by atoms with Crippen LogP contribution in [0.15, 0.2) is 18.5 Å². The third-order valence-corrected chi connectivity index (χ3v) is 2.46. The molecule has 0 fully saturated rings. The van der Waals surface area contributed by atoms with Crippen LogP contribution in [0.2, 0.25) is 0 Å². The van der Waals surface area contributed by atoms with E-state index < -0.39 is 18.6 Å². The van der Waals surface area contributed by atoms with E-state index in [4.69, 9.17) is 0 Å². The highest BCUT2D eigenvalue weighted by molar-refractivity contribution is 5.51. The fourth-order valence-corrected chi connectivity index (χ4v) is 1.81. The van der Waals surface area contributed by atoms with Gasteiger partial charge in [0.25, 0.3) is 0 Å². The molecule has 1 N–H and O–H groups in total. The van der Waals surface area contributed by atoms with E-state index in [1.807, 2.05) is 13.0 Å². The highest BCUT2D eigenvalue weighted by Crippen LogP contribution is 2.23. The Morgan fingerprint density at radius 1 is 1.39 bits per heavy atom. The van der Waals surface area contributed by atoms with Gasteiger partial charge in [-0.2, -0.15) is 22.8 Å².